The van der Waals surface area contributed by atoms with E-state index in [2.05, 4.69) is 10.6 Å². The van der Waals surface area contributed by atoms with E-state index in [1.165, 1.54) is 0 Å². The first-order valence-corrected chi connectivity index (χ1v) is 9.90. The number of carbonyl (C=O) groups excluding carboxylic acids is 2. The molecule has 158 valence electrons. The molecule has 0 saturated carbocycles. The van der Waals surface area contributed by atoms with Gasteiger partial charge in [-0.15, -0.1) is 0 Å². The van der Waals surface area contributed by atoms with Gasteiger partial charge in [0.25, 0.3) is 5.91 Å². The van der Waals surface area contributed by atoms with Gasteiger partial charge < -0.3 is 25.0 Å². The number of rotatable bonds is 8. The van der Waals surface area contributed by atoms with Crippen molar-refractivity contribution in [3.8, 4) is 11.5 Å². The van der Waals surface area contributed by atoms with Gasteiger partial charge in [-0.1, -0.05) is 30.4 Å². The molecule has 3 rings (SSSR count). The molecule has 0 aromatic heterocycles. The van der Waals surface area contributed by atoms with Crippen LogP contribution in [0.1, 0.15) is 18.1 Å². The maximum absolute atomic E-state index is 12.2. The molecule has 1 heterocycles. The minimum absolute atomic E-state index is 0.0330. The maximum Gasteiger partial charge on any atom is 0.258 e. The van der Waals surface area contributed by atoms with Crippen LogP contribution in [0.3, 0.4) is 0 Å². The number of nitrogens with zero attached hydrogens (tertiary/aromatic N) is 1. The quantitative estimate of drug-likeness (QED) is 0.700. The molecule has 2 aromatic carbocycles. The van der Waals surface area contributed by atoms with Crippen molar-refractivity contribution in [1.29, 1.82) is 0 Å². The predicted molar refractivity (Wildman–Crippen MR) is 117 cm³/mol. The molecular weight excluding hydrogens is 382 g/mol. The van der Waals surface area contributed by atoms with Gasteiger partial charge in [0.2, 0.25) is 5.91 Å². The van der Waals surface area contributed by atoms with E-state index in [0.29, 0.717) is 31.1 Å². The Morgan fingerprint density at radius 3 is 2.70 bits per heavy atom. The lowest BCUT2D eigenvalue weighted by atomic mass is 10.2. The summed E-state index contributed by atoms with van der Waals surface area (Å²) in [5, 5.41) is 5.67. The van der Waals surface area contributed by atoms with Crippen molar-refractivity contribution in [1.82, 2.24) is 10.6 Å². The van der Waals surface area contributed by atoms with Crippen molar-refractivity contribution in [3.05, 3.63) is 59.7 Å². The van der Waals surface area contributed by atoms with Crippen LogP contribution in [0.4, 0.5) is 5.69 Å². The first-order chi connectivity index (χ1) is 14.6. The molecule has 30 heavy (non-hydrogen) atoms. The van der Waals surface area contributed by atoms with E-state index in [9.17, 15) is 9.59 Å². The van der Waals surface area contributed by atoms with Crippen LogP contribution in [0.15, 0.2) is 48.5 Å². The Morgan fingerprint density at radius 1 is 1.20 bits per heavy atom. The van der Waals surface area contributed by atoms with Crippen molar-refractivity contribution in [2.75, 3.05) is 38.3 Å². The Morgan fingerprint density at radius 2 is 2.00 bits per heavy atom. The summed E-state index contributed by atoms with van der Waals surface area (Å²) < 4.78 is 11.0. The molecule has 0 atom stereocenters. The number of carbonyl (C=O) groups is 2. The minimum atomic E-state index is -0.216. The first kappa shape index (κ1) is 21.2. The molecule has 0 radical (unpaired) electrons. The third-order valence-electron chi connectivity index (χ3n) is 4.74. The Balaban J connectivity index is 1.48. The smallest absolute Gasteiger partial charge is 0.258 e. The average molecular weight is 409 g/mol. The summed E-state index contributed by atoms with van der Waals surface area (Å²) in [6.45, 7) is 4.06. The Labute approximate surface area is 176 Å². The van der Waals surface area contributed by atoms with Crippen LogP contribution in [0.2, 0.25) is 0 Å². The summed E-state index contributed by atoms with van der Waals surface area (Å²) in [4.78, 5) is 25.7. The molecule has 0 bridgehead atoms. The lowest BCUT2D eigenvalue weighted by molar-refractivity contribution is -0.123. The SMILES string of the molecule is C/C=C/c1ccc(OCC(=O)NCc2ccc(N3CCNC(=O)C3)cc2)c(OC)c1. The number of anilines is 1. The summed E-state index contributed by atoms with van der Waals surface area (Å²) >= 11 is 0. The zero-order valence-electron chi connectivity index (χ0n) is 17.3. The maximum atomic E-state index is 12.2. The second-order valence-corrected chi connectivity index (χ2v) is 6.91. The van der Waals surface area contributed by atoms with Crippen LogP contribution in [-0.2, 0) is 16.1 Å². The van der Waals surface area contributed by atoms with Gasteiger partial charge in [0.1, 0.15) is 0 Å². The van der Waals surface area contributed by atoms with E-state index < -0.39 is 0 Å². The summed E-state index contributed by atoms with van der Waals surface area (Å²) in [6, 6.07) is 13.4. The number of methoxy groups -OCH3 is 1. The second-order valence-electron chi connectivity index (χ2n) is 6.91. The minimum Gasteiger partial charge on any atom is -0.493 e. The second kappa shape index (κ2) is 10.3. The van der Waals surface area contributed by atoms with E-state index in [1.54, 1.807) is 13.2 Å². The van der Waals surface area contributed by atoms with Crippen molar-refractivity contribution in [3.63, 3.8) is 0 Å². The first-order valence-electron chi connectivity index (χ1n) is 9.90. The highest BCUT2D eigenvalue weighted by atomic mass is 16.5. The Bertz CT molecular complexity index is 909. The Kier molecular flexibility index (Phi) is 7.32. The van der Waals surface area contributed by atoms with Gasteiger partial charge in [-0.25, -0.2) is 0 Å². The molecular formula is C23H27N3O4. The number of piperazine rings is 1. The fourth-order valence-corrected chi connectivity index (χ4v) is 3.18. The molecule has 1 saturated heterocycles. The number of nitrogens with one attached hydrogen (secondary N) is 2. The normalized spacial score (nSPS) is 13.8. The number of ether oxygens (including phenoxy) is 2. The highest BCUT2D eigenvalue weighted by Gasteiger charge is 2.16. The third-order valence-corrected chi connectivity index (χ3v) is 4.74. The molecule has 2 aromatic rings. The van der Waals surface area contributed by atoms with Crippen LogP contribution in [0.25, 0.3) is 6.08 Å². The lowest BCUT2D eigenvalue weighted by Gasteiger charge is -2.28. The number of amides is 2. The molecule has 0 unspecified atom stereocenters. The molecule has 7 nitrogen and oxygen atoms in total. The van der Waals surface area contributed by atoms with E-state index in [1.807, 2.05) is 60.4 Å². The number of allylic oxidation sites excluding steroid dienone is 1. The fraction of sp³-hybridized carbons (Fsp3) is 0.304. The lowest BCUT2D eigenvalue weighted by Crippen LogP contribution is -2.47. The summed E-state index contributed by atoms with van der Waals surface area (Å²) in [6.07, 6.45) is 3.91. The average Bonchev–Trinajstić information content (AvgIpc) is 2.77. The van der Waals surface area contributed by atoms with E-state index >= 15 is 0 Å². The van der Waals surface area contributed by atoms with Gasteiger partial charge in [-0.2, -0.15) is 0 Å². The predicted octanol–water partition coefficient (Wildman–Crippen LogP) is 2.36. The standard InChI is InChI=1S/C23H27N3O4/c1-3-4-17-7-10-20(21(13-17)29-2)30-16-23(28)25-14-18-5-8-19(9-6-18)26-12-11-24-22(27)15-26/h3-10,13H,11-12,14-16H2,1-2H3,(H,24,27)(H,25,28)/b4-3+. The topological polar surface area (TPSA) is 79.9 Å². The van der Waals surface area contributed by atoms with Gasteiger partial charge >= 0.3 is 0 Å². The number of benzene rings is 2. The summed E-state index contributed by atoms with van der Waals surface area (Å²) in [5.74, 6) is 0.924. The number of hydrogen-bond acceptors (Lipinski definition) is 5. The van der Waals surface area contributed by atoms with Crippen LogP contribution in [0.5, 0.6) is 11.5 Å². The van der Waals surface area contributed by atoms with Crippen LogP contribution >= 0.6 is 0 Å². The molecule has 7 heteroatoms. The molecule has 2 N–H and O–H groups in total. The van der Waals surface area contributed by atoms with Crippen LogP contribution < -0.4 is 25.0 Å². The van der Waals surface area contributed by atoms with Crippen molar-refractivity contribution in [2.45, 2.75) is 13.5 Å². The third kappa shape index (κ3) is 5.76. The van der Waals surface area contributed by atoms with Gasteiger partial charge in [0.05, 0.1) is 13.7 Å². The van der Waals surface area contributed by atoms with Gasteiger partial charge in [0.15, 0.2) is 18.1 Å². The Hall–Kier alpha value is -3.48. The van der Waals surface area contributed by atoms with E-state index in [-0.39, 0.29) is 18.4 Å². The largest absolute Gasteiger partial charge is 0.493 e. The molecule has 2 amide bonds. The van der Waals surface area contributed by atoms with Gasteiger partial charge in [0, 0.05) is 25.3 Å². The van der Waals surface area contributed by atoms with Gasteiger partial charge in [-0.05, 0) is 42.3 Å². The van der Waals surface area contributed by atoms with Crippen molar-refractivity contribution < 1.29 is 19.1 Å². The van der Waals surface area contributed by atoms with E-state index in [4.69, 9.17) is 9.47 Å². The summed E-state index contributed by atoms with van der Waals surface area (Å²) in [7, 11) is 1.57. The fourth-order valence-electron chi connectivity index (χ4n) is 3.18. The highest BCUT2D eigenvalue weighted by molar-refractivity contribution is 5.82. The van der Waals surface area contributed by atoms with Crippen molar-refractivity contribution >= 4 is 23.6 Å². The van der Waals surface area contributed by atoms with Gasteiger partial charge in [-0.3, -0.25) is 9.59 Å². The van der Waals surface area contributed by atoms with Crippen molar-refractivity contribution in [2.24, 2.45) is 0 Å². The summed E-state index contributed by atoms with van der Waals surface area (Å²) in [5.41, 5.74) is 2.97. The number of hydrogen-bond donors (Lipinski definition) is 2. The molecule has 1 aliphatic heterocycles. The zero-order valence-corrected chi connectivity index (χ0v) is 17.3. The molecule has 0 spiro atoms. The monoisotopic (exact) mass is 409 g/mol. The van der Waals surface area contributed by atoms with E-state index in [0.717, 1.165) is 23.4 Å². The molecule has 1 aliphatic rings. The molecule has 1 fully saturated rings. The zero-order chi connectivity index (χ0) is 21.3. The van der Waals surface area contributed by atoms with Crippen LogP contribution in [-0.4, -0.2) is 45.2 Å². The molecule has 0 aliphatic carbocycles. The highest BCUT2D eigenvalue weighted by Crippen LogP contribution is 2.28. The van der Waals surface area contributed by atoms with Crippen LogP contribution in [0, 0.1) is 0 Å².